The molecule has 1 aromatic heterocycles. The first-order valence-electron chi connectivity index (χ1n) is 5.63. The van der Waals surface area contributed by atoms with E-state index >= 15 is 0 Å². The molecule has 1 aliphatic carbocycles. The molecule has 5 heteroatoms. The van der Waals surface area contributed by atoms with Crippen LogP contribution in [0.2, 0.25) is 0 Å². The summed E-state index contributed by atoms with van der Waals surface area (Å²) in [6.07, 6.45) is 1.88. The molecule has 0 atom stereocenters. The Kier molecular flexibility index (Phi) is 2.85. The first-order chi connectivity index (χ1) is 7.87. The summed E-state index contributed by atoms with van der Waals surface area (Å²) in [5.41, 5.74) is -0.344. The summed E-state index contributed by atoms with van der Waals surface area (Å²) in [7, 11) is 0. The molecular formula is C12H15FN2O2. The summed E-state index contributed by atoms with van der Waals surface area (Å²) >= 11 is 0. The summed E-state index contributed by atoms with van der Waals surface area (Å²) in [6.45, 7) is 5.23. The molecule has 4 nitrogen and oxygen atoms in total. The topological polar surface area (TPSA) is 52.1 Å². The van der Waals surface area contributed by atoms with Crippen molar-refractivity contribution in [2.24, 2.45) is 0 Å². The number of carbonyl (C=O) groups excluding carboxylic acids is 1. The number of hydrogen-bond donors (Lipinski definition) is 0. The Labute approximate surface area is 99.2 Å². The van der Waals surface area contributed by atoms with E-state index in [0.717, 1.165) is 18.9 Å². The van der Waals surface area contributed by atoms with Crippen LogP contribution in [0, 0.1) is 5.82 Å². The van der Waals surface area contributed by atoms with E-state index in [1.165, 1.54) is 0 Å². The SMILES string of the molecule is CC(C)(C)OC(=O)c1cc(F)c(C2CC2)nn1. The van der Waals surface area contributed by atoms with Crippen molar-refractivity contribution in [3.8, 4) is 0 Å². The third kappa shape index (κ3) is 2.99. The molecule has 1 aliphatic rings. The monoisotopic (exact) mass is 238 g/mol. The number of ether oxygens (including phenoxy) is 1. The molecule has 0 radical (unpaired) electrons. The average Bonchev–Trinajstić information content (AvgIpc) is 2.98. The zero-order valence-electron chi connectivity index (χ0n) is 10.2. The van der Waals surface area contributed by atoms with Crippen LogP contribution in [0.1, 0.15) is 55.7 Å². The summed E-state index contributed by atoms with van der Waals surface area (Å²) in [6, 6.07) is 1.11. The van der Waals surface area contributed by atoms with E-state index in [1.54, 1.807) is 20.8 Å². The van der Waals surface area contributed by atoms with Gasteiger partial charge < -0.3 is 4.74 Å². The quantitative estimate of drug-likeness (QED) is 0.742. The van der Waals surface area contributed by atoms with E-state index in [4.69, 9.17) is 4.74 Å². The second-order valence-corrected chi connectivity index (χ2v) is 5.24. The van der Waals surface area contributed by atoms with Crippen molar-refractivity contribution in [1.29, 1.82) is 0 Å². The minimum absolute atomic E-state index is 0.0816. The number of carbonyl (C=O) groups is 1. The van der Waals surface area contributed by atoms with Gasteiger partial charge in [-0.25, -0.2) is 9.18 Å². The van der Waals surface area contributed by atoms with Crippen LogP contribution in [-0.4, -0.2) is 21.8 Å². The summed E-state index contributed by atoms with van der Waals surface area (Å²) in [4.78, 5) is 11.6. The van der Waals surface area contributed by atoms with Crippen molar-refractivity contribution in [3.63, 3.8) is 0 Å². The normalized spacial score (nSPS) is 15.8. The maximum Gasteiger partial charge on any atom is 0.359 e. The van der Waals surface area contributed by atoms with Gasteiger partial charge in [0.1, 0.15) is 17.1 Å². The highest BCUT2D eigenvalue weighted by molar-refractivity contribution is 5.87. The van der Waals surface area contributed by atoms with Gasteiger partial charge in [-0.05, 0) is 33.6 Å². The molecule has 0 amide bonds. The lowest BCUT2D eigenvalue weighted by atomic mass is 10.2. The van der Waals surface area contributed by atoms with Crippen molar-refractivity contribution in [1.82, 2.24) is 10.2 Å². The third-order valence-electron chi connectivity index (χ3n) is 2.35. The Bertz CT molecular complexity index is 450. The first-order valence-corrected chi connectivity index (χ1v) is 5.63. The fourth-order valence-electron chi connectivity index (χ4n) is 1.44. The van der Waals surface area contributed by atoms with E-state index in [9.17, 15) is 9.18 Å². The van der Waals surface area contributed by atoms with Crippen molar-refractivity contribution >= 4 is 5.97 Å². The first kappa shape index (κ1) is 12.0. The predicted molar refractivity (Wildman–Crippen MR) is 59.1 cm³/mol. The van der Waals surface area contributed by atoms with Gasteiger partial charge in [0.15, 0.2) is 5.69 Å². The predicted octanol–water partition coefficient (Wildman–Crippen LogP) is 2.45. The molecule has 0 aliphatic heterocycles. The van der Waals surface area contributed by atoms with Crippen molar-refractivity contribution < 1.29 is 13.9 Å². The Hall–Kier alpha value is -1.52. The highest BCUT2D eigenvalue weighted by Crippen LogP contribution is 2.39. The molecule has 0 bridgehead atoms. The van der Waals surface area contributed by atoms with Crippen LogP contribution >= 0.6 is 0 Å². The van der Waals surface area contributed by atoms with E-state index in [1.807, 2.05) is 0 Å². The van der Waals surface area contributed by atoms with Gasteiger partial charge in [-0.2, -0.15) is 5.10 Å². The molecule has 92 valence electrons. The Morgan fingerprint density at radius 2 is 2.06 bits per heavy atom. The van der Waals surface area contributed by atoms with E-state index in [-0.39, 0.29) is 11.6 Å². The molecule has 2 rings (SSSR count). The van der Waals surface area contributed by atoms with Crippen LogP contribution in [-0.2, 0) is 4.74 Å². The molecule has 0 saturated heterocycles. The number of rotatable bonds is 2. The molecule has 0 N–H and O–H groups in total. The molecule has 1 aromatic rings. The fourth-order valence-corrected chi connectivity index (χ4v) is 1.44. The number of aromatic nitrogens is 2. The summed E-state index contributed by atoms with van der Waals surface area (Å²) in [5.74, 6) is -0.940. The van der Waals surface area contributed by atoms with Crippen LogP contribution < -0.4 is 0 Å². The van der Waals surface area contributed by atoms with Crippen molar-refractivity contribution in [3.05, 3.63) is 23.3 Å². The second kappa shape index (κ2) is 4.05. The zero-order valence-corrected chi connectivity index (χ0v) is 10.2. The number of nitrogens with zero attached hydrogens (tertiary/aromatic N) is 2. The van der Waals surface area contributed by atoms with Crippen molar-refractivity contribution in [2.75, 3.05) is 0 Å². The lowest BCUT2D eigenvalue weighted by Gasteiger charge is -2.18. The number of esters is 1. The molecule has 1 heterocycles. The highest BCUT2D eigenvalue weighted by Gasteiger charge is 2.30. The molecule has 1 saturated carbocycles. The maximum atomic E-state index is 13.6. The third-order valence-corrected chi connectivity index (χ3v) is 2.35. The fraction of sp³-hybridized carbons (Fsp3) is 0.583. The smallest absolute Gasteiger partial charge is 0.359 e. The van der Waals surface area contributed by atoms with Gasteiger partial charge in [0.05, 0.1) is 0 Å². The minimum Gasteiger partial charge on any atom is -0.455 e. The lowest BCUT2D eigenvalue weighted by Crippen LogP contribution is -2.25. The Morgan fingerprint density at radius 3 is 2.53 bits per heavy atom. The van der Waals surface area contributed by atoms with Crippen LogP contribution in [0.25, 0.3) is 0 Å². The lowest BCUT2D eigenvalue weighted by molar-refractivity contribution is 0.00608. The Morgan fingerprint density at radius 1 is 1.41 bits per heavy atom. The molecular weight excluding hydrogens is 223 g/mol. The van der Waals surface area contributed by atoms with Crippen LogP contribution in [0.3, 0.4) is 0 Å². The molecule has 1 fully saturated rings. The molecule has 0 aromatic carbocycles. The van der Waals surface area contributed by atoms with Crippen LogP contribution in [0.4, 0.5) is 4.39 Å². The summed E-state index contributed by atoms with van der Waals surface area (Å²) in [5, 5.41) is 7.49. The molecule has 0 unspecified atom stereocenters. The van der Waals surface area contributed by atoms with Gasteiger partial charge in [0, 0.05) is 12.0 Å². The van der Waals surface area contributed by atoms with Gasteiger partial charge >= 0.3 is 5.97 Å². The standard InChI is InChI=1S/C12H15FN2O2/c1-12(2,3)17-11(16)9-6-8(13)10(15-14-9)7-4-5-7/h6-7H,4-5H2,1-3H3. The number of halogens is 1. The minimum atomic E-state index is -0.647. The number of hydrogen-bond acceptors (Lipinski definition) is 4. The van der Waals surface area contributed by atoms with Crippen LogP contribution in [0.15, 0.2) is 6.07 Å². The van der Waals surface area contributed by atoms with E-state index in [0.29, 0.717) is 5.69 Å². The van der Waals surface area contributed by atoms with Gasteiger partial charge in [-0.1, -0.05) is 0 Å². The highest BCUT2D eigenvalue weighted by atomic mass is 19.1. The Balaban J connectivity index is 2.16. The van der Waals surface area contributed by atoms with Gasteiger partial charge in [0.25, 0.3) is 0 Å². The molecule has 17 heavy (non-hydrogen) atoms. The average molecular weight is 238 g/mol. The summed E-state index contributed by atoms with van der Waals surface area (Å²) < 4.78 is 18.7. The van der Waals surface area contributed by atoms with E-state index in [2.05, 4.69) is 10.2 Å². The zero-order chi connectivity index (χ0) is 12.6. The van der Waals surface area contributed by atoms with Crippen LogP contribution in [0.5, 0.6) is 0 Å². The molecule has 0 spiro atoms. The maximum absolute atomic E-state index is 13.6. The largest absolute Gasteiger partial charge is 0.455 e. The van der Waals surface area contributed by atoms with E-state index < -0.39 is 17.4 Å². The van der Waals surface area contributed by atoms with Gasteiger partial charge in [-0.15, -0.1) is 5.10 Å². The second-order valence-electron chi connectivity index (χ2n) is 5.24. The van der Waals surface area contributed by atoms with Crippen molar-refractivity contribution in [2.45, 2.75) is 45.1 Å². The van der Waals surface area contributed by atoms with Gasteiger partial charge in [0.2, 0.25) is 0 Å². The van der Waals surface area contributed by atoms with Gasteiger partial charge in [-0.3, -0.25) is 0 Å².